The molecule has 0 radical (unpaired) electrons. The number of halogens is 4. The third kappa shape index (κ3) is 5.02. The zero-order valence-electron chi connectivity index (χ0n) is 15.5. The van der Waals surface area contributed by atoms with Gasteiger partial charge in [-0.2, -0.15) is 5.26 Å². The number of amides is 1. The average Bonchev–Trinajstić information content (AvgIpc) is 2.70. The fourth-order valence-electron chi connectivity index (χ4n) is 3.01. The Morgan fingerprint density at radius 1 is 1.13 bits per heavy atom. The lowest BCUT2D eigenvalue weighted by Crippen LogP contribution is -2.14. The Morgan fingerprint density at radius 2 is 1.80 bits per heavy atom. The molecule has 0 fully saturated rings. The van der Waals surface area contributed by atoms with Crippen LogP contribution >= 0.6 is 68.4 Å². The first kappa shape index (κ1) is 23.1. The highest BCUT2D eigenvalue weighted by Gasteiger charge is 2.20. The van der Waals surface area contributed by atoms with Gasteiger partial charge in [0.15, 0.2) is 0 Å². The summed E-state index contributed by atoms with van der Waals surface area (Å²) < 4.78 is 1.42. The smallest absolute Gasteiger partial charge is 0.259 e. The first-order valence-electron chi connectivity index (χ1n) is 8.65. The zero-order chi connectivity index (χ0) is 22.0. The van der Waals surface area contributed by atoms with Gasteiger partial charge in [0, 0.05) is 8.59 Å². The van der Waals surface area contributed by atoms with E-state index in [9.17, 15) is 15.2 Å². The molecule has 1 atom stereocenters. The van der Waals surface area contributed by atoms with Crippen LogP contribution in [0.5, 0.6) is 5.75 Å². The Kier molecular flexibility index (Phi) is 7.50. The van der Waals surface area contributed by atoms with Gasteiger partial charge < -0.3 is 10.4 Å². The molecule has 0 bridgehead atoms. The van der Waals surface area contributed by atoms with E-state index >= 15 is 0 Å². The summed E-state index contributed by atoms with van der Waals surface area (Å²) in [5, 5.41) is 23.6. The van der Waals surface area contributed by atoms with E-state index in [0.717, 1.165) is 20.3 Å². The summed E-state index contributed by atoms with van der Waals surface area (Å²) in [6.07, 6.45) is 0. The van der Waals surface area contributed by atoms with E-state index in [1.54, 1.807) is 48.5 Å². The number of hydrogen-bond donors (Lipinski definition) is 2. The summed E-state index contributed by atoms with van der Waals surface area (Å²) in [5.41, 5.74) is 2.92. The molecule has 0 spiro atoms. The normalized spacial score (nSPS) is 11.6. The molecule has 1 amide bonds. The molecule has 8 heteroatoms. The van der Waals surface area contributed by atoms with Crippen molar-refractivity contribution >= 4 is 80.0 Å². The largest absolute Gasteiger partial charge is 0.506 e. The maximum atomic E-state index is 12.7. The van der Waals surface area contributed by atoms with Crippen LogP contribution in [0, 0.1) is 25.4 Å². The quantitative estimate of drug-likeness (QED) is 0.292. The van der Waals surface area contributed by atoms with E-state index in [2.05, 4.69) is 34.0 Å². The van der Waals surface area contributed by atoms with Crippen molar-refractivity contribution in [2.24, 2.45) is 0 Å². The zero-order valence-corrected chi connectivity index (χ0v) is 21.3. The highest BCUT2D eigenvalue weighted by atomic mass is 127. The van der Waals surface area contributed by atoms with Gasteiger partial charge in [0.2, 0.25) is 0 Å². The van der Waals surface area contributed by atoms with Gasteiger partial charge in [-0.05, 0) is 105 Å². The molecule has 0 aliphatic carbocycles. The average molecular weight is 663 g/mol. The molecule has 0 aromatic heterocycles. The molecule has 3 aromatic rings. The summed E-state index contributed by atoms with van der Waals surface area (Å²) >= 11 is 16.4. The third-order valence-electron chi connectivity index (χ3n) is 4.52. The van der Waals surface area contributed by atoms with E-state index < -0.39 is 11.8 Å². The molecule has 3 rings (SSSR count). The fourth-order valence-corrected chi connectivity index (χ4v) is 5.20. The number of carbonyl (C=O) groups excluding carboxylic acids is 1. The van der Waals surface area contributed by atoms with Crippen LogP contribution in [0.2, 0.25) is 10.0 Å². The summed E-state index contributed by atoms with van der Waals surface area (Å²) in [4.78, 5) is 12.7. The Hall–Kier alpha value is -1.54. The summed E-state index contributed by atoms with van der Waals surface area (Å²) in [5.74, 6) is -1.07. The number of hydrogen-bond acceptors (Lipinski definition) is 3. The van der Waals surface area contributed by atoms with Gasteiger partial charge >= 0.3 is 0 Å². The highest BCUT2D eigenvalue weighted by Crippen LogP contribution is 2.34. The maximum absolute atomic E-state index is 12.7. The number of nitriles is 1. The number of nitrogens with zero attached hydrogens (tertiary/aromatic N) is 1. The molecule has 2 N–H and O–H groups in total. The molecule has 4 nitrogen and oxygen atoms in total. The van der Waals surface area contributed by atoms with Crippen molar-refractivity contribution < 1.29 is 9.90 Å². The molecule has 0 aliphatic heterocycles. The minimum Gasteiger partial charge on any atom is -0.506 e. The van der Waals surface area contributed by atoms with Gasteiger partial charge in [-0.15, -0.1) is 0 Å². The van der Waals surface area contributed by atoms with Crippen molar-refractivity contribution in [1.29, 1.82) is 5.26 Å². The number of benzene rings is 3. The summed E-state index contributed by atoms with van der Waals surface area (Å²) in [6.45, 7) is 1.85. The lowest BCUT2D eigenvalue weighted by molar-refractivity contribution is 0.102. The van der Waals surface area contributed by atoms with Crippen LogP contribution in [0.25, 0.3) is 0 Å². The molecule has 0 saturated carbocycles. The molecular formula is C22H14Cl2I2N2O2. The first-order chi connectivity index (χ1) is 14.2. The van der Waals surface area contributed by atoms with Crippen LogP contribution in [-0.2, 0) is 0 Å². The van der Waals surface area contributed by atoms with Crippen LogP contribution in [0.4, 0.5) is 5.69 Å². The van der Waals surface area contributed by atoms with Crippen molar-refractivity contribution in [3.05, 3.63) is 88.0 Å². The number of phenolic OH excluding ortho intramolecular Hbond substituents is 1. The first-order valence-corrected chi connectivity index (χ1v) is 11.6. The van der Waals surface area contributed by atoms with Crippen LogP contribution in [-0.4, -0.2) is 11.0 Å². The molecular weight excluding hydrogens is 649 g/mol. The van der Waals surface area contributed by atoms with Crippen LogP contribution in [0.15, 0.2) is 48.5 Å². The number of nitrogens with one attached hydrogen (secondary N) is 1. The number of anilines is 1. The molecule has 0 aliphatic rings. The molecule has 0 heterocycles. The number of rotatable bonds is 4. The van der Waals surface area contributed by atoms with Crippen molar-refractivity contribution in [1.82, 2.24) is 0 Å². The maximum Gasteiger partial charge on any atom is 0.259 e. The topological polar surface area (TPSA) is 73.1 Å². The lowest BCUT2D eigenvalue weighted by atomic mass is 9.89. The van der Waals surface area contributed by atoms with Gasteiger partial charge in [-0.25, -0.2) is 0 Å². The number of carbonyl (C=O) groups is 1. The SMILES string of the molecule is Cc1cc(NC(=O)c2cc(I)cc(I)c2O)c(Cl)cc1C(C#N)c1ccc(Cl)cc1. The molecule has 0 saturated heterocycles. The predicted octanol–water partition coefficient (Wildman–Crippen LogP) is 7.12. The van der Waals surface area contributed by atoms with Gasteiger partial charge in [0.25, 0.3) is 5.91 Å². The van der Waals surface area contributed by atoms with Crippen molar-refractivity contribution in [3.63, 3.8) is 0 Å². The second kappa shape index (κ2) is 9.73. The van der Waals surface area contributed by atoms with Gasteiger partial charge in [-0.3, -0.25) is 4.79 Å². The molecule has 30 heavy (non-hydrogen) atoms. The second-order valence-electron chi connectivity index (χ2n) is 6.54. The summed E-state index contributed by atoms with van der Waals surface area (Å²) in [6, 6.07) is 16.2. The second-order valence-corrected chi connectivity index (χ2v) is 9.79. The van der Waals surface area contributed by atoms with Crippen LogP contribution in [0.1, 0.15) is 33.0 Å². The third-order valence-corrected chi connectivity index (χ3v) is 6.53. The minimum absolute atomic E-state index is 0.0785. The number of phenols is 1. The number of aryl methyl sites for hydroxylation is 1. The molecule has 1 unspecified atom stereocenters. The summed E-state index contributed by atoms with van der Waals surface area (Å²) in [7, 11) is 0. The van der Waals surface area contributed by atoms with E-state index in [1.165, 1.54) is 0 Å². The van der Waals surface area contributed by atoms with E-state index in [0.29, 0.717) is 19.3 Å². The van der Waals surface area contributed by atoms with Gasteiger partial charge in [0.05, 0.1) is 31.8 Å². The monoisotopic (exact) mass is 662 g/mol. The Morgan fingerprint density at radius 3 is 2.43 bits per heavy atom. The van der Waals surface area contributed by atoms with Crippen LogP contribution < -0.4 is 5.32 Å². The predicted molar refractivity (Wildman–Crippen MR) is 137 cm³/mol. The molecule has 3 aromatic carbocycles. The van der Waals surface area contributed by atoms with E-state index in [4.69, 9.17) is 23.2 Å². The Bertz CT molecular complexity index is 1180. The van der Waals surface area contributed by atoms with E-state index in [-0.39, 0.29) is 11.3 Å². The van der Waals surface area contributed by atoms with Gasteiger partial charge in [-0.1, -0.05) is 35.3 Å². The standard InChI is InChI=1S/C22H14Cl2I2N2O2/c1-11-6-20(28-22(30)16-7-14(25)8-19(26)21(16)29)18(24)9-15(11)17(10-27)12-2-4-13(23)5-3-12/h2-9,17,29H,1H3,(H,28,30). The Labute approximate surface area is 211 Å². The van der Waals surface area contributed by atoms with Crippen molar-refractivity contribution in [2.75, 3.05) is 5.32 Å². The van der Waals surface area contributed by atoms with Crippen LogP contribution in [0.3, 0.4) is 0 Å². The number of aromatic hydroxyl groups is 1. The van der Waals surface area contributed by atoms with Crippen molar-refractivity contribution in [2.45, 2.75) is 12.8 Å². The van der Waals surface area contributed by atoms with Gasteiger partial charge in [0.1, 0.15) is 5.75 Å². The fraction of sp³-hybridized carbons (Fsp3) is 0.0909. The van der Waals surface area contributed by atoms with E-state index in [1.807, 2.05) is 29.5 Å². The lowest BCUT2D eigenvalue weighted by Gasteiger charge is -2.17. The highest BCUT2D eigenvalue weighted by molar-refractivity contribution is 14.1. The molecule has 152 valence electrons. The Balaban J connectivity index is 1.94. The minimum atomic E-state index is -0.522. The van der Waals surface area contributed by atoms with Crippen molar-refractivity contribution in [3.8, 4) is 11.8 Å².